The summed E-state index contributed by atoms with van der Waals surface area (Å²) in [6.07, 6.45) is 25.1. The molecule has 346 valence electrons. The van der Waals surface area contributed by atoms with E-state index in [1.807, 2.05) is 0 Å². The first kappa shape index (κ1) is 56.7. The first-order valence-electron chi connectivity index (χ1n) is 24.3. The fourth-order valence-corrected chi connectivity index (χ4v) is 7.09. The summed E-state index contributed by atoms with van der Waals surface area (Å²) in [5, 5.41) is 9.62. The van der Waals surface area contributed by atoms with Gasteiger partial charge in [0.2, 0.25) is 0 Å². The van der Waals surface area contributed by atoms with E-state index in [0.29, 0.717) is 45.4 Å². The zero-order valence-electron chi connectivity index (χ0n) is 39.3. The molecule has 0 amide bonds. The zero-order valence-corrected chi connectivity index (χ0v) is 39.3. The Bertz CT molecular complexity index is 804. The summed E-state index contributed by atoms with van der Waals surface area (Å²) in [4.78, 5) is 27.3. The van der Waals surface area contributed by atoms with Crippen molar-refractivity contribution in [3.8, 4) is 0 Å². The molecule has 4 atom stereocenters. The van der Waals surface area contributed by atoms with Crippen molar-refractivity contribution in [2.75, 3.05) is 39.5 Å². The summed E-state index contributed by atoms with van der Waals surface area (Å²) in [7, 11) is 0. The Morgan fingerprint density at radius 3 is 1.05 bits per heavy atom. The van der Waals surface area contributed by atoms with Gasteiger partial charge in [0.15, 0.2) is 12.6 Å². The Kier molecular flexibility index (Phi) is 40.2. The lowest BCUT2D eigenvalue weighted by molar-refractivity contribution is -0.199. The van der Waals surface area contributed by atoms with Gasteiger partial charge in [0.25, 0.3) is 0 Å². The summed E-state index contributed by atoms with van der Waals surface area (Å²) >= 11 is 0. The van der Waals surface area contributed by atoms with E-state index in [0.717, 1.165) is 103 Å². The van der Waals surface area contributed by atoms with Crippen molar-refractivity contribution in [2.24, 2.45) is 0 Å². The molecule has 0 saturated carbocycles. The second-order valence-corrected chi connectivity index (χ2v) is 16.8. The number of unbranched alkanes of at least 4 members (excludes halogenated alkanes) is 12. The van der Waals surface area contributed by atoms with Crippen molar-refractivity contribution in [3.63, 3.8) is 0 Å². The molecule has 0 spiro atoms. The number of nitrogens with zero attached hydrogens (tertiary/aromatic N) is 1. The van der Waals surface area contributed by atoms with Crippen LogP contribution in [-0.2, 0) is 38.0 Å². The molecule has 0 aliphatic heterocycles. The third-order valence-electron chi connectivity index (χ3n) is 10.8. The lowest BCUT2D eigenvalue weighted by atomic mass is 10.1. The molecule has 4 unspecified atom stereocenters. The molecule has 10 nitrogen and oxygen atoms in total. The molecule has 0 saturated heterocycles. The van der Waals surface area contributed by atoms with Crippen LogP contribution in [0.1, 0.15) is 222 Å². The van der Waals surface area contributed by atoms with Crippen LogP contribution in [0.3, 0.4) is 0 Å². The van der Waals surface area contributed by atoms with E-state index in [1.165, 1.54) is 51.4 Å². The molecule has 0 heterocycles. The molecule has 10 heteroatoms. The number of ether oxygens (including phenoxy) is 6. The molecule has 0 aliphatic carbocycles. The number of aliphatic hydroxyl groups excluding tert-OH is 1. The van der Waals surface area contributed by atoms with Gasteiger partial charge in [-0.1, -0.05) is 118 Å². The van der Waals surface area contributed by atoms with E-state index in [4.69, 9.17) is 28.4 Å². The second kappa shape index (κ2) is 41.1. The van der Waals surface area contributed by atoms with Crippen LogP contribution < -0.4 is 0 Å². The molecule has 0 fully saturated rings. The van der Waals surface area contributed by atoms with Crippen molar-refractivity contribution in [3.05, 3.63) is 0 Å². The minimum absolute atomic E-state index is 0.113. The summed E-state index contributed by atoms with van der Waals surface area (Å²) in [5.74, 6) is -0.337. The smallest absolute Gasteiger partial charge is 0.305 e. The van der Waals surface area contributed by atoms with Crippen LogP contribution in [0.5, 0.6) is 0 Å². The molecule has 1 N–H and O–H groups in total. The Hall–Kier alpha value is -1.30. The zero-order chi connectivity index (χ0) is 43.1. The van der Waals surface area contributed by atoms with E-state index >= 15 is 0 Å². The van der Waals surface area contributed by atoms with Crippen LogP contribution in [0.4, 0.5) is 0 Å². The summed E-state index contributed by atoms with van der Waals surface area (Å²) in [6, 6.07) is 0. The van der Waals surface area contributed by atoms with Crippen LogP contribution >= 0.6 is 0 Å². The number of aliphatic hydroxyl groups is 1. The number of esters is 2. The summed E-state index contributed by atoms with van der Waals surface area (Å²) < 4.78 is 36.2. The van der Waals surface area contributed by atoms with Crippen LogP contribution in [-0.4, -0.2) is 98.4 Å². The van der Waals surface area contributed by atoms with Gasteiger partial charge in [0, 0.05) is 32.2 Å². The predicted molar refractivity (Wildman–Crippen MR) is 238 cm³/mol. The minimum atomic E-state index is -0.362. The van der Waals surface area contributed by atoms with Crippen molar-refractivity contribution in [2.45, 2.75) is 259 Å². The highest BCUT2D eigenvalue weighted by Crippen LogP contribution is 2.18. The Morgan fingerprint density at radius 1 is 0.431 bits per heavy atom. The standard InChI is InChI=1S/C48H95NO9/c1-9-13-19-27-41(5)55-47(56-42(6)28-20-14-10-2)33-39-53-45(51)31-23-17-25-35-49(37-38-50)36-26-18-24-32-46(52)54-40-34-48(57-43(7)29-21-15-11-3)58-44(8)30-22-16-12-4/h41-44,47-48,50H,9-40H2,1-8H3. The van der Waals surface area contributed by atoms with E-state index < -0.39 is 0 Å². The van der Waals surface area contributed by atoms with Gasteiger partial charge in [0.1, 0.15) is 0 Å². The molecule has 0 radical (unpaired) electrons. The molecule has 0 aromatic carbocycles. The van der Waals surface area contributed by atoms with Crippen LogP contribution in [0.2, 0.25) is 0 Å². The van der Waals surface area contributed by atoms with Gasteiger partial charge in [-0.2, -0.15) is 0 Å². The predicted octanol–water partition coefficient (Wildman–Crippen LogP) is 11.9. The van der Waals surface area contributed by atoms with Gasteiger partial charge < -0.3 is 38.4 Å². The lowest BCUT2D eigenvalue weighted by Crippen LogP contribution is -2.29. The number of carbonyl (C=O) groups excluding carboxylic acids is 2. The first-order chi connectivity index (χ1) is 28.1. The van der Waals surface area contributed by atoms with Crippen molar-refractivity contribution in [1.82, 2.24) is 4.90 Å². The maximum atomic E-state index is 12.5. The highest BCUT2D eigenvalue weighted by atomic mass is 16.7. The Balaban J connectivity index is 4.40. The van der Waals surface area contributed by atoms with Gasteiger partial charge in [-0.05, 0) is 92.2 Å². The molecule has 0 bridgehead atoms. The third kappa shape index (κ3) is 36.5. The normalized spacial score (nSPS) is 14.9. The number of hydrogen-bond acceptors (Lipinski definition) is 10. The lowest BCUT2D eigenvalue weighted by Gasteiger charge is -2.26. The second-order valence-electron chi connectivity index (χ2n) is 16.8. The number of hydrogen-bond donors (Lipinski definition) is 1. The van der Waals surface area contributed by atoms with Gasteiger partial charge in [0.05, 0.1) is 44.2 Å². The maximum Gasteiger partial charge on any atom is 0.305 e. The third-order valence-corrected chi connectivity index (χ3v) is 10.8. The topological polar surface area (TPSA) is 113 Å². The molecular formula is C48H95NO9. The molecule has 58 heavy (non-hydrogen) atoms. The monoisotopic (exact) mass is 830 g/mol. The van der Waals surface area contributed by atoms with Gasteiger partial charge >= 0.3 is 11.9 Å². The fraction of sp³-hybridized carbons (Fsp3) is 0.958. The minimum Gasteiger partial charge on any atom is -0.465 e. The van der Waals surface area contributed by atoms with E-state index in [-0.39, 0.29) is 55.5 Å². The molecule has 0 aromatic heterocycles. The Labute approximate surface area is 357 Å². The molecule has 0 aromatic rings. The van der Waals surface area contributed by atoms with E-state index in [2.05, 4.69) is 60.3 Å². The van der Waals surface area contributed by atoms with Gasteiger partial charge in [-0.25, -0.2) is 0 Å². The number of carbonyl (C=O) groups is 2. The van der Waals surface area contributed by atoms with Crippen LogP contribution in [0.25, 0.3) is 0 Å². The summed E-state index contributed by atoms with van der Waals surface area (Å²) in [6.45, 7) is 20.4. The molecule has 0 rings (SSSR count). The van der Waals surface area contributed by atoms with Crippen molar-refractivity contribution < 1.29 is 43.1 Å². The SMILES string of the molecule is CCCCCC(C)OC(CCOC(=O)CCCCCN(CCO)CCCCCC(=O)OCCC(OC(C)CCCCC)OC(C)CCCCC)OC(C)CCCCC. The molecule has 0 aliphatic rings. The Morgan fingerprint density at radius 2 is 0.759 bits per heavy atom. The highest BCUT2D eigenvalue weighted by Gasteiger charge is 2.20. The fourth-order valence-electron chi connectivity index (χ4n) is 7.09. The van der Waals surface area contributed by atoms with Crippen molar-refractivity contribution >= 4 is 11.9 Å². The van der Waals surface area contributed by atoms with E-state index in [1.54, 1.807) is 0 Å². The van der Waals surface area contributed by atoms with Gasteiger partial charge in [-0.15, -0.1) is 0 Å². The van der Waals surface area contributed by atoms with Crippen LogP contribution in [0.15, 0.2) is 0 Å². The maximum absolute atomic E-state index is 12.5. The number of rotatable bonds is 44. The quantitative estimate of drug-likeness (QED) is 0.0362. The summed E-state index contributed by atoms with van der Waals surface area (Å²) in [5.41, 5.74) is 0. The van der Waals surface area contributed by atoms with Crippen molar-refractivity contribution in [1.29, 1.82) is 0 Å². The highest BCUT2D eigenvalue weighted by molar-refractivity contribution is 5.69. The van der Waals surface area contributed by atoms with E-state index in [9.17, 15) is 14.7 Å². The average molecular weight is 830 g/mol. The largest absolute Gasteiger partial charge is 0.465 e. The molecular weight excluding hydrogens is 735 g/mol. The average Bonchev–Trinajstić information content (AvgIpc) is 3.17. The van der Waals surface area contributed by atoms with Gasteiger partial charge in [-0.3, -0.25) is 9.59 Å². The first-order valence-corrected chi connectivity index (χ1v) is 24.3. The van der Waals surface area contributed by atoms with Crippen LogP contribution in [0, 0.1) is 0 Å².